The van der Waals surface area contributed by atoms with Gasteiger partial charge in [-0.1, -0.05) is 11.6 Å². The Balaban J connectivity index is 0.000000224. The summed E-state index contributed by atoms with van der Waals surface area (Å²) in [4.78, 5) is 26.7. The third-order valence-corrected chi connectivity index (χ3v) is 11.0. The molecular formula is C45H41ClF4N8O6S2. The van der Waals surface area contributed by atoms with E-state index in [9.17, 15) is 13.2 Å². The maximum Gasteiger partial charge on any atom is 0.335 e. The third-order valence-electron chi connectivity index (χ3n) is 10.5. The highest BCUT2D eigenvalue weighted by Crippen LogP contribution is 2.40. The molecule has 21 heteroatoms. The van der Waals surface area contributed by atoms with Crippen LogP contribution in [0.15, 0.2) is 73.4 Å². The normalized spacial score (nSPS) is 13.4. The molecule has 14 nitrogen and oxygen atoms in total. The Morgan fingerprint density at radius 1 is 0.606 bits per heavy atom. The van der Waals surface area contributed by atoms with E-state index in [-0.39, 0.29) is 26.8 Å². The lowest BCUT2D eigenvalue weighted by molar-refractivity contribution is 0.122. The molecule has 2 aliphatic rings. The average molecular weight is 965 g/mol. The maximum atomic E-state index is 15.4. The van der Waals surface area contributed by atoms with Gasteiger partial charge in [0.05, 0.1) is 87.9 Å². The van der Waals surface area contributed by atoms with Crippen molar-refractivity contribution >= 4 is 79.4 Å². The van der Waals surface area contributed by atoms with E-state index in [0.717, 1.165) is 70.2 Å². The molecule has 2 aliphatic heterocycles. The number of halogens is 5. The largest absolute Gasteiger partial charge is 0.378 e. The first-order chi connectivity index (χ1) is 31.8. The molecule has 0 spiro atoms. The van der Waals surface area contributed by atoms with Crippen LogP contribution in [0.2, 0.25) is 5.02 Å². The van der Waals surface area contributed by atoms with Crippen molar-refractivity contribution in [2.45, 2.75) is 27.7 Å². The van der Waals surface area contributed by atoms with Crippen LogP contribution in [-0.2, 0) is 32.6 Å². The predicted molar refractivity (Wildman–Crippen MR) is 245 cm³/mol. The number of fused-ring (bicyclic) bond motifs is 2. The van der Waals surface area contributed by atoms with E-state index in [2.05, 4.69) is 35.1 Å². The molecule has 1 N–H and O–H groups in total. The van der Waals surface area contributed by atoms with Gasteiger partial charge >= 0.3 is 23.1 Å². The fourth-order valence-corrected chi connectivity index (χ4v) is 7.83. The SMILES string of the molecule is Cc1cncc(-c2nc3cc(F)cc(F)c3c(Cl)c2C)c1.Cc1cncc(-c2nc3cc(F)cc(F)c3c(Nc3cc(N4CCOCC4)cnc3N3CCOCC3)c2C)c1.O=S=O.O=S=O. The summed E-state index contributed by atoms with van der Waals surface area (Å²) < 4.78 is 101. The summed E-state index contributed by atoms with van der Waals surface area (Å²) in [6.45, 7) is 12.9. The second-order valence-electron chi connectivity index (χ2n) is 14.9. The second-order valence-corrected chi connectivity index (χ2v) is 15.6. The number of hydrogen-bond acceptors (Lipinski definition) is 14. The van der Waals surface area contributed by atoms with Gasteiger partial charge in [-0.15, -0.1) is 0 Å². The van der Waals surface area contributed by atoms with Gasteiger partial charge in [0.1, 0.15) is 23.3 Å². The number of anilines is 4. The minimum atomic E-state index is -0.750. The minimum absolute atomic E-state index is 0.139. The molecule has 0 unspecified atom stereocenters. The zero-order valence-corrected chi connectivity index (χ0v) is 38.3. The Morgan fingerprint density at radius 3 is 1.59 bits per heavy atom. The molecular weight excluding hydrogens is 924 g/mol. The van der Waals surface area contributed by atoms with Crippen molar-refractivity contribution in [2.24, 2.45) is 0 Å². The van der Waals surface area contributed by atoms with Crippen molar-refractivity contribution in [3.8, 4) is 22.5 Å². The molecule has 2 fully saturated rings. The number of rotatable bonds is 6. The second kappa shape index (κ2) is 22.7. The zero-order chi connectivity index (χ0) is 47.5. The summed E-state index contributed by atoms with van der Waals surface area (Å²) in [6.07, 6.45) is 8.72. The first-order valence-corrected chi connectivity index (χ1v) is 21.8. The molecule has 0 atom stereocenters. The quantitative estimate of drug-likeness (QED) is 0.157. The molecule has 2 aromatic carbocycles. The highest BCUT2D eigenvalue weighted by Gasteiger charge is 2.24. The summed E-state index contributed by atoms with van der Waals surface area (Å²) in [5.74, 6) is -2.00. The van der Waals surface area contributed by atoms with Crippen LogP contribution < -0.4 is 15.1 Å². The Morgan fingerprint density at radius 2 is 1.08 bits per heavy atom. The highest BCUT2D eigenvalue weighted by atomic mass is 35.5. The summed E-state index contributed by atoms with van der Waals surface area (Å²) in [6, 6.07) is 10.1. The van der Waals surface area contributed by atoms with Crippen molar-refractivity contribution in [2.75, 3.05) is 67.7 Å². The van der Waals surface area contributed by atoms with Gasteiger partial charge in [-0.2, -0.15) is 16.8 Å². The molecule has 0 saturated carbocycles. The van der Waals surface area contributed by atoms with E-state index >= 15 is 4.39 Å². The van der Waals surface area contributed by atoms with Gasteiger partial charge in [0.2, 0.25) is 0 Å². The Hall–Kier alpha value is -6.32. The van der Waals surface area contributed by atoms with E-state index in [0.29, 0.717) is 62.2 Å². The molecule has 5 aromatic heterocycles. The van der Waals surface area contributed by atoms with Gasteiger partial charge in [-0.25, -0.2) is 32.5 Å². The lowest BCUT2D eigenvalue weighted by atomic mass is 10.0. The van der Waals surface area contributed by atoms with E-state index in [4.69, 9.17) is 42.9 Å². The topological polar surface area (TPSA) is 170 Å². The number of morpholine rings is 2. The van der Waals surface area contributed by atoms with Crippen LogP contribution >= 0.6 is 11.6 Å². The van der Waals surface area contributed by atoms with Crippen LogP contribution in [0.4, 0.5) is 40.4 Å². The number of aryl methyl sites for hydroxylation is 2. The number of pyridine rings is 5. The van der Waals surface area contributed by atoms with Crippen molar-refractivity contribution in [1.82, 2.24) is 24.9 Å². The number of nitrogens with one attached hydrogen (secondary N) is 1. The van der Waals surface area contributed by atoms with Crippen LogP contribution in [0.5, 0.6) is 0 Å². The van der Waals surface area contributed by atoms with Gasteiger partial charge in [0, 0.05) is 86.4 Å². The molecule has 66 heavy (non-hydrogen) atoms. The monoisotopic (exact) mass is 964 g/mol. The van der Waals surface area contributed by atoms with Crippen molar-refractivity contribution < 1.29 is 43.9 Å². The van der Waals surface area contributed by atoms with Crippen LogP contribution in [0, 0.1) is 51.0 Å². The maximum absolute atomic E-state index is 15.4. The standard InChI is InChI=1S/C29H30F2N6O2.C16H11ClF2N2.2O2S/c1-18-11-20(16-32-15-18)27-19(2)28(26-23(31)12-21(30)13-24(26)34-27)35-25-14-22(36-3-7-38-8-4-36)17-33-29(25)37-5-9-39-10-6-37;1-8-3-10(7-20-6-8)16-9(2)15(17)14-12(19)4-11(18)5-13(14)21-16;2*1-3-2/h11-17H,3-10H2,1-2H3,(H,34,35);3-7H,1-2H3;;. The first kappa shape index (κ1) is 49.1. The van der Waals surface area contributed by atoms with E-state index in [1.165, 1.54) is 12.1 Å². The van der Waals surface area contributed by atoms with Gasteiger partial charge in [-0.05, 0) is 68.1 Å². The summed E-state index contributed by atoms with van der Waals surface area (Å²) >= 11 is 4.76. The van der Waals surface area contributed by atoms with Crippen molar-refractivity contribution in [3.05, 3.63) is 124 Å². The zero-order valence-electron chi connectivity index (χ0n) is 35.9. The van der Waals surface area contributed by atoms with Gasteiger partial charge in [0.15, 0.2) is 5.82 Å². The minimum Gasteiger partial charge on any atom is -0.378 e. The van der Waals surface area contributed by atoms with Gasteiger partial charge in [-0.3, -0.25) is 9.97 Å². The van der Waals surface area contributed by atoms with Crippen LogP contribution in [0.1, 0.15) is 22.3 Å². The molecule has 7 aromatic rings. The van der Waals surface area contributed by atoms with E-state index in [1.54, 1.807) is 31.7 Å². The number of benzene rings is 2. The van der Waals surface area contributed by atoms with E-state index in [1.807, 2.05) is 45.2 Å². The molecule has 9 rings (SSSR count). The predicted octanol–water partition coefficient (Wildman–Crippen LogP) is 8.51. The van der Waals surface area contributed by atoms with Crippen LogP contribution in [0.3, 0.4) is 0 Å². The van der Waals surface area contributed by atoms with Crippen molar-refractivity contribution in [3.63, 3.8) is 0 Å². The average Bonchev–Trinajstić information content (AvgIpc) is 3.29. The number of aromatic nitrogens is 5. The molecule has 7 heterocycles. The number of ether oxygens (including phenoxy) is 2. The Labute approximate surface area is 388 Å². The molecule has 0 radical (unpaired) electrons. The smallest absolute Gasteiger partial charge is 0.335 e. The van der Waals surface area contributed by atoms with Crippen LogP contribution in [-0.4, -0.2) is 94.4 Å². The van der Waals surface area contributed by atoms with Crippen molar-refractivity contribution in [1.29, 1.82) is 0 Å². The molecule has 0 aliphatic carbocycles. The number of nitrogens with zero attached hydrogens (tertiary/aromatic N) is 7. The third kappa shape index (κ3) is 11.5. The van der Waals surface area contributed by atoms with Crippen LogP contribution in [0.25, 0.3) is 44.3 Å². The van der Waals surface area contributed by atoms with E-state index < -0.39 is 46.4 Å². The number of hydrogen-bond donors (Lipinski definition) is 1. The molecule has 2 saturated heterocycles. The summed E-state index contributed by atoms with van der Waals surface area (Å²) in [5.41, 5.74) is 8.64. The molecule has 344 valence electrons. The van der Waals surface area contributed by atoms with Gasteiger partial charge < -0.3 is 24.6 Å². The summed E-state index contributed by atoms with van der Waals surface area (Å²) in [5, 5.41) is 4.13. The fourth-order valence-electron chi connectivity index (χ4n) is 7.55. The van der Waals surface area contributed by atoms with Gasteiger partial charge in [0.25, 0.3) is 0 Å². The highest BCUT2D eigenvalue weighted by molar-refractivity contribution is 7.51. The first-order valence-electron chi connectivity index (χ1n) is 20.1. The molecule has 0 bridgehead atoms. The summed E-state index contributed by atoms with van der Waals surface area (Å²) in [7, 11) is 0. The Kier molecular flexibility index (Phi) is 16.9. The lowest BCUT2D eigenvalue weighted by Crippen LogP contribution is -2.38. The fraction of sp³-hybridized carbons (Fsp3) is 0.267. The molecule has 0 amide bonds. The lowest BCUT2D eigenvalue weighted by Gasteiger charge is -2.32. The Bertz CT molecular complexity index is 2960.